The smallest absolute Gasteiger partial charge is 0.254 e. The van der Waals surface area contributed by atoms with Crippen LogP contribution in [-0.4, -0.2) is 62.7 Å². The fraction of sp³-hybridized carbons (Fsp3) is 0.600. The van der Waals surface area contributed by atoms with Crippen molar-refractivity contribution in [2.24, 2.45) is 0 Å². The van der Waals surface area contributed by atoms with Gasteiger partial charge in [0.2, 0.25) is 5.91 Å². The van der Waals surface area contributed by atoms with Crippen molar-refractivity contribution in [3.63, 3.8) is 0 Å². The Bertz CT molecular complexity index is 692. The molecule has 8 heteroatoms. The first-order chi connectivity index (χ1) is 11.1. The summed E-state index contributed by atoms with van der Waals surface area (Å²) in [4.78, 5) is 23.0. The molecule has 8 nitrogen and oxygen atoms in total. The summed E-state index contributed by atoms with van der Waals surface area (Å²) in [7, 11) is 0. The van der Waals surface area contributed by atoms with Crippen LogP contribution in [0.15, 0.2) is 12.4 Å². The molecular formula is C15H22N6O2. The molecule has 3 rings (SSSR count). The van der Waals surface area contributed by atoms with Crippen LogP contribution in [-0.2, 0) is 9.53 Å². The molecule has 1 amide bonds. The molecule has 0 spiro atoms. The Morgan fingerprint density at radius 1 is 1.30 bits per heavy atom. The summed E-state index contributed by atoms with van der Waals surface area (Å²) >= 11 is 0. The van der Waals surface area contributed by atoms with Crippen LogP contribution in [0.2, 0.25) is 0 Å². The number of carbonyl (C=O) groups is 1. The first kappa shape index (κ1) is 15.7. The van der Waals surface area contributed by atoms with Gasteiger partial charge in [-0.3, -0.25) is 4.79 Å². The number of nitrogens with zero attached hydrogens (tertiary/aromatic N) is 5. The lowest BCUT2D eigenvalue weighted by molar-refractivity contribution is -0.135. The third kappa shape index (κ3) is 3.26. The molecule has 124 valence electrons. The minimum atomic E-state index is -0.358. The fourth-order valence-corrected chi connectivity index (χ4v) is 2.57. The number of aromatic nitrogens is 4. The Hall–Kier alpha value is -2.22. The van der Waals surface area contributed by atoms with E-state index in [1.165, 1.54) is 6.33 Å². The number of hydrogen-bond acceptors (Lipinski definition) is 6. The zero-order valence-electron chi connectivity index (χ0n) is 13.7. The Balaban J connectivity index is 1.82. The van der Waals surface area contributed by atoms with Gasteiger partial charge in [-0.15, -0.1) is 0 Å². The molecule has 1 aliphatic rings. The third-order valence-electron chi connectivity index (χ3n) is 3.92. The second-order valence-corrected chi connectivity index (χ2v) is 6.00. The van der Waals surface area contributed by atoms with Crippen molar-refractivity contribution in [3.8, 4) is 0 Å². The molecule has 0 aromatic carbocycles. The largest absolute Gasteiger partial charge is 0.378 e. The number of anilines is 1. The Morgan fingerprint density at radius 2 is 2.04 bits per heavy atom. The van der Waals surface area contributed by atoms with Gasteiger partial charge in [-0.2, -0.15) is 14.6 Å². The van der Waals surface area contributed by atoms with Gasteiger partial charge >= 0.3 is 0 Å². The number of morpholine rings is 1. The molecule has 2 aromatic rings. The van der Waals surface area contributed by atoms with Crippen LogP contribution in [0.4, 0.5) is 5.82 Å². The molecule has 1 N–H and O–H groups in total. The van der Waals surface area contributed by atoms with E-state index in [-0.39, 0.29) is 17.9 Å². The first-order valence-corrected chi connectivity index (χ1v) is 7.90. The van der Waals surface area contributed by atoms with Gasteiger partial charge in [-0.1, -0.05) is 13.8 Å². The Morgan fingerprint density at radius 3 is 2.74 bits per heavy atom. The van der Waals surface area contributed by atoms with Gasteiger partial charge in [-0.05, 0) is 12.8 Å². The van der Waals surface area contributed by atoms with Crippen LogP contribution in [0.25, 0.3) is 5.78 Å². The third-order valence-corrected chi connectivity index (χ3v) is 3.92. The van der Waals surface area contributed by atoms with Crippen molar-refractivity contribution >= 4 is 17.5 Å². The topological polar surface area (TPSA) is 84.7 Å². The Labute approximate surface area is 134 Å². The van der Waals surface area contributed by atoms with E-state index in [0.29, 0.717) is 32.1 Å². The maximum absolute atomic E-state index is 12.5. The minimum absolute atomic E-state index is 0.0597. The second-order valence-electron chi connectivity index (χ2n) is 6.00. The van der Waals surface area contributed by atoms with Gasteiger partial charge in [0.15, 0.2) is 0 Å². The lowest BCUT2D eigenvalue weighted by atomic mass is 10.1. The van der Waals surface area contributed by atoms with E-state index < -0.39 is 0 Å². The number of amides is 1. The monoisotopic (exact) mass is 318 g/mol. The summed E-state index contributed by atoms with van der Waals surface area (Å²) in [6, 6.07) is 1.57. The highest BCUT2D eigenvalue weighted by Crippen LogP contribution is 2.18. The summed E-state index contributed by atoms with van der Waals surface area (Å²) in [6.45, 7) is 8.46. The van der Waals surface area contributed by atoms with Crippen molar-refractivity contribution in [1.82, 2.24) is 24.5 Å². The van der Waals surface area contributed by atoms with Crippen LogP contribution in [0.5, 0.6) is 0 Å². The highest BCUT2D eigenvalue weighted by atomic mass is 16.5. The summed E-state index contributed by atoms with van der Waals surface area (Å²) < 4.78 is 6.91. The van der Waals surface area contributed by atoms with Gasteiger partial charge in [0.05, 0.1) is 18.9 Å². The van der Waals surface area contributed by atoms with E-state index in [9.17, 15) is 4.79 Å². The standard InChI is InChI=1S/C15H22N6O2/c1-10(2)12-8-13(21-15(19-12)16-9-17-21)18-11(3)14(22)20-4-6-23-7-5-20/h8-11,18H,4-7H2,1-3H3/t11-/m1/s1. The lowest BCUT2D eigenvalue weighted by Gasteiger charge is -2.29. The normalized spacial score (nSPS) is 16.8. The quantitative estimate of drug-likeness (QED) is 0.902. The fourth-order valence-electron chi connectivity index (χ4n) is 2.57. The van der Waals surface area contributed by atoms with Gasteiger partial charge in [0, 0.05) is 19.2 Å². The van der Waals surface area contributed by atoms with Crippen LogP contribution >= 0.6 is 0 Å². The number of carbonyl (C=O) groups excluding carboxylic acids is 1. The van der Waals surface area contributed by atoms with E-state index in [2.05, 4.69) is 34.2 Å². The molecule has 3 heterocycles. The van der Waals surface area contributed by atoms with Crippen molar-refractivity contribution in [1.29, 1.82) is 0 Å². The second kappa shape index (κ2) is 6.49. The zero-order chi connectivity index (χ0) is 16.4. The van der Waals surface area contributed by atoms with Crippen molar-refractivity contribution in [2.45, 2.75) is 32.7 Å². The molecule has 23 heavy (non-hydrogen) atoms. The molecule has 0 radical (unpaired) electrons. The zero-order valence-corrected chi connectivity index (χ0v) is 13.7. The van der Waals surface area contributed by atoms with E-state index >= 15 is 0 Å². The van der Waals surface area contributed by atoms with Crippen molar-refractivity contribution in [3.05, 3.63) is 18.1 Å². The predicted molar refractivity (Wildman–Crippen MR) is 85.4 cm³/mol. The highest BCUT2D eigenvalue weighted by Gasteiger charge is 2.23. The number of fused-ring (bicyclic) bond motifs is 1. The van der Waals surface area contributed by atoms with Crippen molar-refractivity contribution < 1.29 is 9.53 Å². The van der Waals surface area contributed by atoms with Gasteiger partial charge < -0.3 is 15.0 Å². The molecule has 0 unspecified atom stereocenters. The molecule has 2 aromatic heterocycles. The van der Waals surface area contributed by atoms with E-state index in [0.717, 1.165) is 11.5 Å². The van der Waals surface area contributed by atoms with Gasteiger partial charge in [-0.25, -0.2) is 4.98 Å². The minimum Gasteiger partial charge on any atom is -0.378 e. The van der Waals surface area contributed by atoms with Gasteiger partial charge in [0.25, 0.3) is 5.78 Å². The molecule has 1 saturated heterocycles. The maximum Gasteiger partial charge on any atom is 0.254 e. The van der Waals surface area contributed by atoms with Crippen LogP contribution in [0.3, 0.4) is 0 Å². The molecule has 0 aliphatic carbocycles. The number of rotatable bonds is 4. The Kier molecular flexibility index (Phi) is 4.42. The molecule has 0 saturated carbocycles. The number of ether oxygens (including phenoxy) is 1. The molecule has 0 bridgehead atoms. The van der Waals surface area contributed by atoms with Gasteiger partial charge in [0.1, 0.15) is 18.2 Å². The van der Waals surface area contributed by atoms with Crippen LogP contribution in [0, 0.1) is 0 Å². The molecular weight excluding hydrogens is 296 g/mol. The lowest BCUT2D eigenvalue weighted by Crippen LogP contribution is -2.47. The highest BCUT2D eigenvalue weighted by molar-refractivity contribution is 5.84. The average molecular weight is 318 g/mol. The first-order valence-electron chi connectivity index (χ1n) is 7.90. The summed E-state index contributed by atoms with van der Waals surface area (Å²) in [5.41, 5.74) is 0.916. The molecule has 1 fully saturated rings. The number of hydrogen-bond donors (Lipinski definition) is 1. The average Bonchev–Trinajstić information content (AvgIpc) is 3.03. The summed E-state index contributed by atoms with van der Waals surface area (Å²) in [5, 5.41) is 7.43. The van der Waals surface area contributed by atoms with E-state index in [4.69, 9.17) is 4.74 Å². The molecule has 1 aliphatic heterocycles. The van der Waals surface area contributed by atoms with Crippen LogP contribution in [0.1, 0.15) is 32.4 Å². The van der Waals surface area contributed by atoms with Crippen LogP contribution < -0.4 is 5.32 Å². The van der Waals surface area contributed by atoms with E-state index in [1.54, 1.807) is 4.52 Å². The van der Waals surface area contributed by atoms with Crippen molar-refractivity contribution in [2.75, 3.05) is 31.6 Å². The summed E-state index contributed by atoms with van der Waals surface area (Å²) in [6.07, 6.45) is 1.46. The summed E-state index contributed by atoms with van der Waals surface area (Å²) in [5.74, 6) is 1.59. The predicted octanol–water partition coefficient (Wildman–Crippen LogP) is 0.907. The SMILES string of the molecule is CC(C)c1cc(N[C@H](C)C(=O)N2CCOCC2)n2ncnc2n1. The number of nitrogens with one attached hydrogen (secondary N) is 1. The van der Waals surface area contributed by atoms with E-state index in [1.807, 2.05) is 17.9 Å². The molecule has 1 atom stereocenters. The maximum atomic E-state index is 12.5.